The summed E-state index contributed by atoms with van der Waals surface area (Å²) in [7, 11) is 0. The highest BCUT2D eigenvalue weighted by molar-refractivity contribution is 6.09. The molecule has 0 spiro atoms. The maximum absolute atomic E-state index is 4.32. The molecular formula is C20H19N3. The van der Waals surface area contributed by atoms with Crippen LogP contribution < -0.4 is 0 Å². The SMILES string of the molecule is CC(C)Cc1ccc2c(c1)c1ccncc1n2-c1cccnc1. The lowest BCUT2D eigenvalue weighted by Gasteiger charge is -2.08. The zero-order valence-electron chi connectivity index (χ0n) is 13.4. The van der Waals surface area contributed by atoms with Gasteiger partial charge in [0.05, 0.1) is 29.1 Å². The molecule has 114 valence electrons. The molecule has 4 aromatic rings. The summed E-state index contributed by atoms with van der Waals surface area (Å²) in [6, 6.07) is 12.9. The van der Waals surface area contributed by atoms with Gasteiger partial charge in [0.15, 0.2) is 0 Å². The number of pyridine rings is 2. The molecule has 0 aliphatic rings. The van der Waals surface area contributed by atoms with Gasteiger partial charge in [-0.15, -0.1) is 0 Å². The summed E-state index contributed by atoms with van der Waals surface area (Å²) in [6.45, 7) is 4.51. The van der Waals surface area contributed by atoms with Gasteiger partial charge in [-0.2, -0.15) is 0 Å². The number of aromatic nitrogens is 3. The van der Waals surface area contributed by atoms with Gasteiger partial charge in [0.2, 0.25) is 0 Å². The zero-order chi connectivity index (χ0) is 15.8. The molecule has 0 unspecified atom stereocenters. The Labute approximate surface area is 135 Å². The molecule has 0 fully saturated rings. The fourth-order valence-corrected chi connectivity index (χ4v) is 3.28. The maximum Gasteiger partial charge on any atom is 0.0725 e. The smallest absolute Gasteiger partial charge is 0.0725 e. The molecule has 0 N–H and O–H groups in total. The number of nitrogens with zero attached hydrogens (tertiary/aromatic N) is 3. The number of benzene rings is 1. The van der Waals surface area contributed by atoms with Gasteiger partial charge in [0, 0.05) is 23.2 Å². The van der Waals surface area contributed by atoms with E-state index in [4.69, 9.17) is 0 Å². The first-order valence-corrected chi connectivity index (χ1v) is 8.01. The topological polar surface area (TPSA) is 30.7 Å². The van der Waals surface area contributed by atoms with Crippen molar-refractivity contribution in [2.24, 2.45) is 5.92 Å². The summed E-state index contributed by atoms with van der Waals surface area (Å²) >= 11 is 0. The third-order valence-corrected chi connectivity index (χ3v) is 4.18. The van der Waals surface area contributed by atoms with Crippen LogP contribution in [0, 0.1) is 5.92 Å². The summed E-state index contributed by atoms with van der Waals surface area (Å²) in [5.41, 5.74) is 4.78. The Morgan fingerprint density at radius 2 is 1.78 bits per heavy atom. The molecule has 3 aromatic heterocycles. The Kier molecular flexibility index (Phi) is 3.34. The van der Waals surface area contributed by atoms with E-state index in [1.807, 2.05) is 24.7 Å². The fraction of sp³-hybridized carbons (Fsp3) is 0.200. The summed E-state index contributed by atoms with van der Waals surface area (Å²) in [5.74, 6) is 0.654. The molecule has 0 atom stereocenters. The average molecular weight is 301 g/mol. The molecule has 3 heteroatoms. The van der Waals surface area contributed by atoms with Crippen LogP contribution in [0.25, 0.3) is 27.5 Å². The standard InChI is InChI=1S/C20H19N3/c1-14(2)10-15-5-6-19-18(11-15)17-7-9-22-13-20(17)23(19)16-4-3-8-21-12-16/h3-9,11-14H,10H2,1-2H3. The van der Waals surface area contributed by atoms with Gasteiger partial charge in [-0.1, -0.05) is 19.9 Å². The summed E-state index contributed by atoms with van der Waals surface area (Å²) < 4.78 is 2.24. The largest absolute Gasteiger partial charge is 0.306 e. The van der Waals surface area contributed by atoms with E-state index in [1.54, 1.807) is 6.20 Å². The predicted molar refractivity (Wildman–Crippen MR) is 94.9 cm³/mol. The van der Waals surface area contributed by atoms with E-state index in [2.05, 4.69) is 58.7 Å². The minimum absolute atomic E-state index is 0.654. The van der Waals surface area contributed by atoms with Crippen LogP contribution in [0.1, 0.15) is 19.4 Å². The molecule has 0 aliphatic carbocycles. The number of fused-ring (bicyclic) bond motifs is 3. The van der Waals surface area contributed by atoms with Crippen LogP contribution in [0.5, 0.6) is 0 Å². The Bertz CT molecular complexity index is 968. The van der Waals surface area contributed by atoms with Crippen molar-refractivity contribution >= 4 is 21.8 Å². The van der Waals surface area contributed by atoms with Crippen LogP contribution in [0.15, 0.2) is 61.2 Å². The van der Waals surface area contributed by atoms with Gasteiger partial charge in [-0.05, 0) is 48.2 Å². The third-order valence-electron chi connectivity index (χ3n) is 4.18. The van der Waals surface area contributed by atoms with Crippen LogP contribution in [0.3, 0.4) is 0 Å². The molecule has 4 rings (SSSR count). The van der Waals surface area contributed by atoms with E-state index in [0.29, 0.717) is 5.92 Å². The minimum Gasteiger partial charge on any atom is -0.306 e. The highest BCUT2D eigenvalue weighted by Crippen LogP contribution is 2.32. The second-order valence-electron chi connectivity index (χ2n) is 6.39. The van der Waals surface area contributed by atoms with E-state index < -0.39 is 0 Å². The van der Waals surface area contributed by atoms with Crippen LogP contribution >= 0.6 is 0 Å². The normalized spacial score (nSPS) is 11.6. The lowest BCUT2D eigenvalue weighted by Crippen LogP contribution is -1.96. The minimum atomic E-state index is 0.654. The molecule has 0 saturated heterocycles. The number of hydrogen-bond donors (Lipinski definition) is 0. The molecule has 0 bridgehead atoms. The van der Waals surface area contributed by atoms with Crippen molar-refractivity contribution < 1.29 is 0 Å². The Balaban J connectivity index is 2.05. The first kappa shape index (κ1) is 13.9. The summed E-state index contributed by atoms with van der Waals surface area (Å²) in [5, 5.41) is 2.52. The molecule has 0 radical (unpaired) electrons. The summed E-state index contributed by atoms with van der Waals surface area (Å²) in [6.07, 6.45) is 8.60. The zero-order valence-corrected chi connectivity index (χ0v) is 13.4. The van der Waals surface area contributed by atoms with E-state index >= 15 is 0 Å². The Morgan fingerprint density at radius 3 is 2.57 bits per heavy atom. The summed E-state index contributed by atoms with van der Waals surface area (Å²) in [4.78, 5) is 8.59. The van der Waals surface area contributed by atoms with Crippen LogP contribution in [0.4, 0.5) is 0 Å². The Hall–Kier alpha value is -2.68. The molecule has 23 heavy (non-hydrogen) atoms. The molecule has 0 amide bonds. The van der Waals surface area contributed by atoms with Gasteiger partial charge in [-0.25, -0.2) is 0 Å². The van der Waals surface area contributed by atoms with Crippen molar-refractivity contribution in [3.63, 3.8) is 0 Å². The second-order valence-corrected chi connectivity index (χ2v) is 6.39. The van der Waals surface area contributed by atoms with Crippen LogP contribution in [0.2, 0.25) is 0 Å². The van der Waals surface area contributed by atoms with Crippen molar-refractivity contribution in [1.82, 2.24) is 14.5 Å². The number of rotatable bonds is 3. The van der Waals surface area contributed by atoms with Crippen molar-refractivity contribution in [3.8, 4) is 5.69 Å². The average Bonchev–Trinajstić information content (AvgIpc) is 2.89. The van der Waals surface area contributed by atoms with Gasteiger partial charge in [-0.3, -0.25) is 9.97 Å². The molecule has 0 aliphatic heterocycles. The monoisotopic (exact) mass is 301 g/mol. The quantitative estimate of drug-likeness (QED) is 0.545. The molecule has 0 saturated carbocycles. The number of hydrogen-bond acceptors (Lipinski definition) is 2. The molecular weight excluding hydrogens is 282 g/mol. The first-order chi connectivity index (χ1) is 11.2. The van der Waals surface area contributed by atoms with Crippen LogP contribution in [-0.4, -0.2) is 14.5 Å². The highest BCUT2D eigenvalue weighted by Gasteiger charge is 2.13. The van der Waals surface area contributed by atoms with Crippen molar-refractivity contribution in [2.75, 3.05) is 0 Å². The van der Waals surface area contributed by atoms with E-state index in [0.717, 1.165) is 17.6 Å². The van der Waals surface area contributed by atoms with Gasteiger partial charge in [0.25, 0.3) is 0 Å². The van der Waals surface area contributed by atoms with Crippen molar-refractivity contribution in [3.05, 3.63) is 66.7 Å². The molecule has 3 nitrogen and oxygen atoms in total. The van der Waals surface area contributed by atoms with Crippen molar-refractivity contribution in [2.45, 2.75) is 20.3 Å². The van der Waals surface area contributed by atoms with E-state index in [-0.39, 0.29) is 0 Å². The molecule has 1 aromatic carbocycles. The highest BCUT2D eigenvalue weighted by atomic mass is 15.0. The van der Waals surface area contributed by atoms with Gasteiger partial charge < -0.3 is 4.57 Å². The predicted octanol–water partition coefficient (Wildman–Crippen LogP) is 4.77. The van der Waals surface area contributed by atoms with Gasteiger partial charge in [0.1, 0.15) is 0 Å². The van der Waals surface area contributed by atoms with Crippen molar-refractivity contribution in [1.29, 1.82) is 0 Å². The second kappa shape index (κ2) is 5.51. The molecule has 3 heterocycles. The lowest BCUT2D eigenvalue weighted by molar-refractivity contribution is 0.648. The van der Waals surface area contributed by atoms with Crippen LogP contribution in [-0.2, 0) is 6.42 Å². The lowest BCUT2D eigenvalue weighted by atomic mass is 10.0. The van der Waals surface area contributed by atoms with E-state index in [9.17, 15) is 0 Å². The Morgan fingerprint density at radius 1 is 0.913 bits per heavy atom. The maximum atomic E-state index is 4.32. The van der Waals surface area contributed by atoms with E-state index in [1.165, 1.54) is 21.9 Å². The first-order valence-electron chi connectivity index (χ1n) is 8.01. The third kappa shape index (κ3) is 2.38. The fourth-order valence-electron chi connectivity index (χ4n) is 3.28. The van der Waals surface area contributed by atoms with Gasteiger partial charge >= 0.3 is 0 Å².